The van der Waals surface area contributed by atoms with E-state index in [-0.39, 0.29) is 11.3 Å². The van der Waals surface area contributed by atoms with Crippen molar-refractivity contribution in [3.8, 4) is 6.07 Å². The van der Waals surface area contributed by atoms with Crippen LogP contribution in [-0.4, -0.2) is 5.71 Å². The Morgan fingerprint density at radius 2 is 2.11 bits per heavy atom. The van der Waals surface area contributed by atoms with Gasteiger partial charge in [-0.1, -0.05) is 50.1 Å². The normalized spacial score (nSPS) is 27.8. The van der Waals surface area contributed by atoms with Crippen molar-refractivity contribution in [3.05, 3.63) is 35.9 Å². The maximum atomic E-state index is 9.22. The van der Waals surface area contributed by atoms with Gasteiger partial charge in [-0.25, -0.2) is 0 Å². The molecule has 1 saturated carbocycles. The van der Waals surface area contributed by atoms with E-state index in [9.17, 15) is 5.26 Å². The van der Waals surface area contributed by atoms with Gasteiger partial charge >= 0.3 is 0 Å². The van der Waals surface area contributed by atoms with Gasteiger partial charge in [0.2, 0.25) is 0 Å². The fraction of sp³-hybridized carbons (Fsp3) is 0.500. The number of nitrogens with one attached hydrogen (secondary N) is 1. The zero-order valence-electron chi connectivity index (χ0n) is 10.9. The lowest BCUT2D eigenvalue weighted by Crippen LogP contribution is -2.42. The monoisotopic (exact) mass is 240 g/mol. The highest BCUT2D eigenvalue weighted by Gasteiger charge is 2.42. The van der Waals surface area contributed by atoms with Crippen molar-refractivity contribution >= 4 is 5.71 Å². The van der Waals surface area contributed by atoms with Gasteiger partial charge in [-0.2, -0.15) is 5.26 Å². The van der Waals surface area contributed by atoms with Gasteiger partial charge in [0.05, 0.1) is 12.0 Å². The van der Waals surface area contributed by atoms with Crippen LogP contribution in [0.1, 0.15) is 44.6 Å². The molecule has 0 spiro atoms. The molecule has 0 saturated heterocycles. The predicted octanol–water partition coefficient (Wildman–Crippen LogP) is 4.07. The number of benzene rings is 1. The highest BCUT2D eigenvalue weighted by molar-refractivity contribution is 5.96. The summed E-state index contributed by atoms with van der Waals surface area (Å²) in [5.41, 5.74) is 1.68. The quantitative estimate of drug-likeness (QED) is 0.850. The lowest BCUT2D eigenvalue weighted by atomic mass is 9.62. The third-order valence-corrected chi connectivity index (χ3v) is 4.12. The van der Waals surface area contributed by atoms with Crippen LogP contribution in [-0.2, 0) is 5.41 Å². The summed E-state index contributed by atoms with van der Waals surface area (Å²) in [6, 6.07) is 12.6. The highest BCUT2D eigenvalue weighted by atomic mass is 14.6. The Labute approximate surface area is 109 Å². The van der Waals surface area contributed by atoms with Crippen LogP contribution in [0.2, 0.25) is 0 Å². The molecule has 0 radical (unpaired) electrons. The van der Waals surface area contributed by atoms with E-state index in [2.05, 4.69) is 25.1 Å². The van der Waals surface area contributed by atoms with E-state index < -0.39 is 0 Å². The van der Waals surface area contributed by atoms with Crippen LogP contribution in [0.3, 0.4) is 0 Å². The first kappa shape index (κ1) is 12.8. The van der Waals surface area contributed by atoms with Gasteiger partial charge in [0.15, 0.2) is 0 Å². The molecule has 0 aromatic heterocycles. The minimum Gasteiger partial charge on any atom is -0.307 e. The second-order valence-electron chi connectivity index (χ2n) is 5.19. The van der Waals surface area contributed by atoms with E-state index in [0.717, 1.165) is 32.1 Å². The summed E-state index contributed by atoms with van der Waals surface area (Å²) >= 11 is 0. The molecule has 2 heteroatoms. The molecule has 0 bridgehead atoms. The minimum atomic E-state index is -0.189. The topological polar surface area (TPSA) is 47.6 Å². The standard InChI is InChI=1S/C16H20N2/c1-2-10-16(14-8-4-3-5-9-14)11-6-7-13(12-17)15(16)18/h3-5,8-9,13,18H,2,6-7,10-11H2,1H3. The van der Waals surface area contributed by atoms with E-state index in [0.29, 0.717) is 5.71 Å². The van der Waals surface area contributed by atoms with Gasteiger partial charge in [0.25, 0.3) is 0 Å². The third-order valence-electron chi connectivity index (χ3n) is 4.12. The third kappa shape index (κ3) is 2.06. The van der Waals surface area contributed by atoms with Crippen LogP contribution < -0.4 is 0 Å². The molecule has 1 fully saturated rings. The molecule has 0 aliphatic heterocycles. The predicted molar refractivity (Wildman–Crippen MR) is 73.7 cm³/mol. The van der Waals surface area contributed by atoms with Gasteiger partial charge < -0.3 is 5.41 Å². The van der Waals surface area contributed by atoms with Gasteiger partial charge in [-0.15, -0.1) is 0 Å². The highest BCUT2D eigenvalue weighted by Crippen LogP contribution is 2.42. The Kier molecular flexibility index (Phi) is 3.81. The molecular formula is C16H20N2. The number of hydrogen-bond acceptors (Lipinski definition) is 2. The zero-order chi connectivity index (χ0) is 13.0. The average molecular weight is 240 g/mol. The smallest absolute Gasteiger partial charge is 0.0847 e. The van der Waals surface area contributed by atoms with E-state index in [4.69, 9.17) is 5.41 Å². The lowest BCUT2D eigenvalue weighted by molar-refractivity contribution is 0.397. The first-order valence-corrected chi connectivity index (χ1v) is 6.78. The number of hydrogen-bond donors (Lipinski definition) is 1. The molecular weight excluding hydrogens is 220 g/mol. The summed E-state index contributed by atoms with van der Waals surface area (Å²) in [7, 11) is 0. The fourth-order valence-electron chi connectivity index (χ4n) is 3.24. The Hall–Kier alpha value is -1.62. The van der Waals surface area contributed by atoms with E-state index in [1.807, 2.05) is 18.2 Å². The van der Waals surface area contributed by atoms with Crippen molar-refractivity contribution in [2.75, 3.05) is 0 Å². The maximum Gasteiger partial charge on any atom is 0.0847 e. The summed E-state index contributed by atoms with van der Waals surface area (Å²) in [4.78, 5) is 0. The molecule has 94 valence electrons. The van der Waals surface area contributed by atoms with Gasteiger partial charge in [0, 0.05) is 11.1 Å². The van der Waals surface area contributed by atoms with Crippen LogP contribution in [0.4, 0.5) is 0 Å². The molecule has 1 aliphatic carbocycles. The van der Waals surface area contributed by atoms with Crippen molar-refractivity contribution in [1.29, 1.82) is 10.7 Å². The maximum absolute atomic E-state index is 9.22. The molecule has 1 N–H and O–H groups in total. The molecule has 1 aliphatic rings. The molecule has 2 atom stereocenters. The molecule has 0 heterocycles. The second kappa shape index (κ2) is 5.35. The fourth-order valence-corrected chi connectivity index (χ4v) is 3.24. The Morgan fingerprint density at radius 1 is 1.39 bits per heavy atom. The van der Waals surface area contributed by atoms with Gasteiger partial charge in [-0.05, 0) is 24.8 Å². The summed E-state index contributed by atoms with van der Waals surface area (Å²) < 4.78 is 0. The molecule has 2 rings (SSSR count). The van der Waals surface area contributed by atoms with Crippen molar-refractivity contribution in [2.24, 2.45) is 5.92 Å². The van der Waals surface area contributed by atoms with Crippen LogP contribution in [0.25, 0.3) is 0 Å². The first-order valence-electron chi connectivity index (χ1n) is 6.78. The Balaban J connectivity index is 2.44. The van der Waals surface area contributed by atoms with E-state index >= 15 is 0 Å². The SMILES string of the molecule is CCCC1(c2ccccc2)CCCC(C#N)C1=N. The van der Waals surface area contributed by atoms with E-state index in [1.165, 1.54) is 5.56 Å². The lowest BCUT2D eigenvalue weighted by Gasteiger charge is -2.40. The molecule has 1 aromatic rings. The van der Waals surface area contributed by atoms with Crippen LogP contribution >= 0.6 is 0 Å². The van der Waals surface area contributed by atoms with Crippen LogP contribution in [0.15, 0.2) is 30.3 Å². The van der Waals surface area contributed by atoms with Gasteiger partial charge in [0.1, 0.15) is 0 Å². The summed E-state index contributed by atoms with van der Waals surface area (Å²) in [6.07, 6.45) is 4.95. The summed E-state index contributed by atoms with van der Waals surface area (Å²) in [5.74, 6) is -0.189. The Bertz CT molecular complexity index is 454. The molecule has 2 unspecified atom stereocenters. The average Bonchev–Trinajstić information content (AvgIpc) is 2.42. The zero-order valence-corrected chi connectivity index (χ0v) is 10.9. The van der Waals surface area contributed by atoms with E-state index in [1.54, 1.807) is 0 Å². The number of nitrogens with zero attached hydrogens (tertiary/aromatic N) is 1. The Morgan fingerprint density at radius 3 is 2.72 bits per heavy atom. The van der Waals surface area contributed by atoms with Crippen molar-refractivity contribution < 1.29 is 0 Å². The van der Waals surface area contributed by atoms with Crippen molar-refractivity contribution in [1.82, 2.24) is 0 Å². The minimum absolute atomic E-state index is 0.186. The number of nitriles is 1. The molecule has 0 amide bonds. The molecule has 2 nitrogen and oxygen atoms in total. The van der Waals surface area contributed by atoms with Crippen molar-refractivity contribution in [2.45, 2.75) is 44.4 Å². The van der Waals surface area contributed by atoms with Gasteiger partial charge in [-0.3, -0.25) is 0 Å². The largest absolute Gasteiger partial charge is 0.307 e. The first-order chi connectivity index (χ1) is 8.74. The molecule has 1 aromatic carbocycles. The summed E-state index contributed by atoms with van der Waals surface area (Å²) in [5, 5.41) is 17.7. The summed E-state index contributed by atoms with van der Waals surface area (Å²) in [6.45, 7) is 2.16. The second-order valence-corrected chi connectivity index (χ2v) is 5.19. The molecule has 18 heavy (non-hydrogen) atoms. The van der Waals surface area contributed by atoms with Crippen LogP contribution in [0, 0.1) is 22.7 Å². The number of rotatable bonds is 3. The van der Waals surface area contributed by atoms with Crippen molar-refractivity contribution in [3.63, 3.8) is 0 Å². The van der Waals surface area contributed by atoms with Crippen LogP contribution in [0.5, 0.6) is 0 Å².